The van der Waals surface area contributed by atoms with E-state index in [0.29, 0.717) is 5.75 Å². The molecule has 0 atom stereocenters. The number of benzene rings is 1. The minimum atomic E-state index is -0.228. The second kappa shape index (κ2) is 5.69. The Kier molecular flexibility index (Phi) is 3.66. The first kappa shape index (κ1) is 14.8. The number of ether oxygens (including phenoxy) is 1. The number of hydrogen-bond donors (Lipinski definition) is 0. The van der Waals surface area contributed by atoms with Crippen LogP contribution in [0.3, 0.4) is 0 Å². The van der Waals surface area contributed by atoms with Crippen molar-refractivity contribution in [2.24, 2.45) is 0 Å². The number of hydrogen-bond acceptors (Lipinski definition) is 5. The Morgan fingerprint density at radius 2 is 1.96 bits per heavy atom. The van der Waals surface area contributed by atoms with Gasteiger partial charge < -0.3 is 19.4 Å². The fraction of sp³-hybridized carbons (Fsp3) is 0.471. The summed E-state index contributed by atoms with van der Waals surface area (Å²) in [7, 11) is 4.17. The van der Waals surface area contributed by atoms with Gasteiger partial charge in [0.1, 0.15) is 0 Å². The van der Waals surface area contributed by atoms with E-state index >= 15 is 0 Å². The number of anilines is 1. The summed E-state index contributed by atoms with van der Waals surface area (Å²) in [6, 6.07) is 4.18. The molecule has 0 radical (unpaired) electrons. The van der Waals surface area contributed by atoms with Gasteiger partial charge in [0.25, 0.3) is 0 Å². The van der Waals surface area contributed by atoms with Gasteiger partial charge in [0.05, 0.1) is 4.70 Å². The van der Waals surface area contributed by atoms with Gasteiger partial charge >= 0.3 is 6.09 Å². The summed E-state index contributed by atoms with van der Waals surface area (Å²) in [6.07, 6.45) is 0.833. The Morgan fingerprint density at radius 3 is 2.74 bits per heavy atom. The molecule has 0 saturated carbocycles. The molecule has 0 aliphatic carbocycles. The summed E-state index contributed by atoms with van der Waals surface area (Å²) < 4.78 is 6.87. The standard InChI is InChI=1S/C17H21N3O2S/c1-18-6-8-20(9-7-18)17(21)22-15-11-14-12(3-5-19(14)2)13-4-10-23-16(13)15/h4,10-11H,3,5-9H2,1-2H3. The highest BCUT2D eigenvalue weighted by Gasteiger charge is 2.25. The molecule has 122 valence electrons. The first-order chi connectivity index (χ1) is 11.1. The molecule has 0 spiro atoms. The Hall–Kier alpha value is -1.79. The van der Waals surface area contributed by atoms with Crippen LogP contribution in [0.5, 0.6) is 5.75 Å². The Labute approximate surface area is 140 Å². The number of amides is 1. The van der Waals surface area contributed by atoms with Crippen LogP contribution in [0.4, 0.5) is 10.5 Å². The molecule has 0 N–H and O–H groups in total. The van der Waals surface area contributed by atoms with Crippen LogP contribution in [0.1, 0.15) is 5.56 Å². The first-order valence-corrected chi connectivity index (χ1v) is 8.91. The van der Waals surface area contributed by atoms with Gasteiger partial charge in [-0.25, -0.2) is 4.79 Å². The molecule has 1 amide bonds. The van der Waals surface area contributed by atoms with Crippen LogP contribution in [-0.2, 0) is 6.42 Å². The van der Waals surface area contributed by atoms with Crippen molar-refractivity contribution < 1.29 is 9.53 Å². The van der Waals surface area contributed by atoms with E-state index in [0.717, 1.165) is 43.8 Å². The quantitative estimate of drug-likeness (QED) is 0.805. The number of carbonyl (C=O) groups excluding carboxylic acids is 1. The third-order valence-electron chi connectivity index (χ3n) is 4.86. The van der Waals surface area contributed by atoms with E-state index in [-0.39, 0.29) is 6.09 Å². The molecule has 1 fully saturated rings. The SMILES string of the molecule is CN1CCN(C(=O)Oc2cc3c(c4ccsc24)CCN3C)CC1. The maximum atomic E-state index is 12.5. The van der Waals surface area contributed by atoms with Gasteiger partial charge in [-0.3, -0.25) is 0 Å². The van der Waals surface area contributed by atoms with E-state index in [4.69, 9.17) is 4.74 Å². The molecule has 6 heteroatoms. The van der Waals surface area contributed by atoms with E-state index in [9.17, 15) is 4.79 Å². The van der Waals surface area contributed by atoms with E-state index in [2.05, 4.69) is 35.3 Å². The lowest BCUT2D eigenvalue weighted by molar-refractivity contribution is 0.121. The van der Waals surface area contributed by atoms with Gasteiger partial charge in [0.2, 0.25) is 0 Å². The normalized spacial score (nSPS) is 18.5. The van der Waals surface area contributed by atoms with Crippen molar-refractivity contribution in [3.05, 3.63) is 23.1 Å². The predicted molar refractivity (Wildman–Crippen MR) is 93.9 cm³/mol. The van der Waals surface area contributed by atoms with Crippen molar-refractivity contribution in [1.82, 2.24) is 9.80 Å². The first-order valence-electron chi connectivity index (χ1n) is 8.03. The summed E-state index contributed by atoms with van der Waals surface area (Å²) in [5, 5.41) is 3.31. The second-order valence-corrected chi connectivity index (χ2v) is 7.28. The zero-order valence-electron chi connectivity index (χ0n) is 13.5. The topological polar surface area (TPSA) is 36.0 Å². The number of carbonyl (C=O) groups is 1. The molecule has 5 nitrogen and oxygen atoms in total. The van der Waals surface area contributed by atoms with E-state index in [1.165, 1.54) is 16.6 Å². The number of fused-ring (bicyclic) bond motifs is 3. The molecule has 1 aromatic heterocycles. The fourth-order valence-electron chi connectivity index (χ4n) is 3.38. The lowest BCUT2D eigenvalue weighted by atomic mass is 10.1. The zero-order valence-corrected chi connectivity index (χ0v) is 14.4. The number of nitrogens with zero attached hydrogens (tertiary/aromatic N) is 3. The maximum Gasteiger partial charge on any atom is 0.415 e. The van der Waals surface area contributed by atoms with Gasteiger partial charge in [0.15, 0.2) is 5.75 Å². The van der Waals surface area contributed by atoms with Crippen LogP contribution in [0.2, 0.25) is 0 Å². The second-order valence-electron chi connectivity index (χ2n) is 6.37. The number of rotatable bonds is 1. The smallest absolute Gasteiger partial charge is 0.409 e. The van der Waals surface area contributed by atoms with Crippen molar-refractivity contribution in [3.63, 3.8) is 0 Å². The molecule has 23 heavy (non-hydrogen) atoms. The van der Waals surface area contributed by atoms with Gasteiger partial charge in [0, 0.05) is 56.9 Å². The summed E-state index contributed by atoms with van der Waals surface area (Å²) in [5.74, 6) is 0.700. The third kappa shape index (κ3) is 2.56. The van der Waals surface area contributed by atoms with Crippen molar-refractivity contribution in [3.8, 4) is 5.75 Å². The highest BCUT2D eigenvalue weighted by molar-refractivity contribution is 7.17. The van der Waals surface area contributed by atoms with Crippen molar-refractivity contribution in [2.45, 2.75) is 6.42 Å². The molecular weight excluding hydrogens is 310 g/mol. The number of thiophene rings is 1. The van der Waals surface area contributed by atoms with Crippen LogP contribution in [-0.4, -0.2) is 62.7 Å². The Bertz CT molecular complexity index is 750. The van der Waals surface area contributed by atoms with Crippen LogP contribution in [0, 0.1) is 0 Å². The lowest BCUT2D eigenvalue weighted by Gasteiger charge is -2.31. The molecule has 1 saturated heterocycles. The average Bonchev–Trinajstić information content (AvgIpc) is 3.15. The average molecular weight is 331 g/mol. The van der Waals surface area contributed by atoms with E-state index in [1.807, 2.05) is 6.07 Å². The summed E-state index contributed by atoms with van der Waals surface area (Å²) in [6.45, 7) is 4.28. The minimum Gasteiger partial charge on any atom is -0.409 e. The maximum absolute atomic E-state index is 12.5. The molecule has 0 bridgehead atoms. The molecule has 2 aliphatic heterocycles. The van der Waals surface area contributed by atoms with Gasteiger partial charge in [-0.1, -0.05) is 0 Å². The molecule has 2 aromatic rings. The van der Waals surface area contributed by atoms with Gasteiger partial charge in [-0.2, -0.15) is 0 Å². The minimum absolute atomic E-state index is 0.228. The molecular formula is C17H21N3O2S. The Balaban J connectivity index is 1.63. The van der Waals surface area contributed by atoms with Crippen LogP contribution < -0.4 is 9.64 Å². The highest BCUT2D eigenvalue weighted by Crippen LogP contribution is 2.42. The van der Waals surface area contributed by atoms with Crippen LogP contribution in [0.15, 0.2) is 17.5 Å². The molecule has 4 rings (SSSR count). The molecule has 1 aromatic carbocycles. The monoisotopic (exact) mass is 331 g/mol. The zero-order chi connectivity index (χ0) is 16.0. The van der Waals surface area contributed by atoms with E-state index < -0.39 is 0 Å². The summed E-state index contributed by atoms with van der Waals surface area (Å²) >= 11 is 1.65. The number of piperazine rings is 1. The predicted octanol–water partition coefficient (Wildman–Crippen LogP) is 2.64. The van der Waals surface area contributed by atoms with Crippen molar-refractivity contribution >= 4 is 33.2 Å². The van der Waals surface area contributed by atoms with Crippen molar-refractivity contribution in [2.75, 3.05) is 51.7 Å². The highest BCUT2D eigenvalue weighted by atomic mass is 32.1. The molecule has 0 unspecified atom stereocenters. The fourth-order valence-corrected chi connectivity index (χ4v) is 4.25. The van der Waals surface area contributed by atoms with Gasteiger partial charge in [-0.15, -0.1) is 11.3 Å². The summed E-state index contributed by atoms with van der Waals surface area (Å²) in [4.78, 5) is 18.8. The van der Waals surface area contributed by atoms with E-state index in [1.54, 1.807) is 16.2 Å². The lowest BCUT2D eigenvalue weighted by Crippen LogP contribution is -2.48. The molecule has 3 heterocycles. The summed E-state index contributed by atoms with van der Waals surface area (Å²) in [5.41, 5.74) is 2.57. The largest absolute Gasteiger partial charge is 0.415 e. The van der Waals surface area contributed by atoms with Crippen molar-refractivity contribution in [1.29, 1.82) is 0 Å². The van der Waals surface area contributed by atoms with Crippen LogP contribution >= 0.6 is 11.3 Å². The third-order valence-corrected chi connectivity index (χ3v) is 5.79. The van der Waals surface area contributed by atoms with Crippen LogP contribution in [0.25, 0.3) is 10.1 Å². The number of likely N-dealkylation sites (N-methyl/N-ethyl adjacent to an activating group) is 2. The molecule has 2 aliphatic rings. The Morgan fingerprint density at radius 1 is 1.17 bits per heavy atom. The van der Waals surface area contributed by atoms with Gasteiger partial charge in [-0.05, 0) is 30.5 Å².